The lowest BCUT2D eigenvalue weighted by molar-refractivity contribution is 0.0178. The van der Waals surface area contributed by atoms with E-state index in [1.165, 1.54) is 19.4 Å². The Hall–Kier alpha value is -0.120. The van der Waals surface area contributed by atoms with Crippen molar-refractivity contribution in [3.8, 4) is 0 Å². The molecule has 3 nitrogen and oxygen atoms in total. The quantitative estimate of drug-likeness (QED) is 0.818. The summed E-state index contributed by atoms with van der Waals surface area (Å²) in [7, 11) is 1.83. The third kappa shape index (κ3) is 6.17. The Bertz CT molecular complexity index is 245. The Kier molecular flexibility index (Phi) is 5.63. The fourth-order valence-corrected chi connectivity index (χ4v) is 2.51. The van der Waals surface area contributed by atoms with Gasteiger partial charge >= 0.3 is 0 Å². The molecule has 1 saturated heterocycles. The van der Waals surface area contributed by atoms with Gasteiger partial charge in [0.05, 0.1) is 6.10 Å². The van der Waals surface area contributed by atoms with Crippen molar-refractivity contribution in [2.24, 2.45) is 5.41 Å². The monoisotopic (exact) mass is 256 g/mol. The van der Waals surface area contributed by atoms with E-state index in [-0.39, 0.29) is 5.54 Å². The molecule has 0 bridgehead atoms. The number of likely N-dealkylation sites (tertiary alicyclic amines) is 1. The zero-order valence-electron chi connectivity index (χ0n) is 13.2. The number of methoxy groups -OCH3 is 1. The van der Waals surface area contributed by atoms with Gasteiger partial charge < -0.3 is 15.0 Å². The molecule has 108 valence electrons. The lowest BCUT2D eigenvalue weighted by Crippen LogP contribution is -2.49. The largest absolute Gasteiger partial charge is 0.380 e. The molecule has 1 N–H and O–H groups in total. The van der Waals surface area contributed by atoms with Crippen LogP contribution in [0.15, 0.2) is 0 Å². The molecule has 1 atom stereocenters. The van der Waals surface area contributed by atoms with Crippen molar-refractivity contribution in [3.63, 3.8) is 0 Å². The van der Waals surface area contributed by atoms with E-state index in [2.05, 4.69) is 44.8 Å². The van der Waals surface area contributed by atoms with Gasteiger partial charge in [-0.3, -0.25) is 0 Å². The van der Waals surface area contributed by atoms with Crippen LogP contribution in [0.5, 0.6) is 0 Å². The summed E-state index contributed by atoms with van der Waals surface area (Å²) in [5.41, 5.74) is 0.511. The van der Waals surface area contributed by atoms with E-state index in [1.807, 2.05) is 7.11 Å². The predicted octanol–water partition coefficient (Wildman–Crippen LogP) is 2.51. The minimum atomic E-state index is 0.203. The molecule has 0 spiro atoms. The lowest BCUT2D eigenvalue weighted by Gasteiger charge is -2.38. The second-order valence-electron chi connectivity index (χ2n) is 7.50. The van der Waals surface area contributed by atoms with Gasteiger partial charge in [0, 0.05) is 32.3 Å². The number of nitrogens with one attached hydrogen (secondary N) is 1. The first-order valence-electron chi connectivity index (χ1n) is 7.22. The van der Waals surface area contributed by atoms with Gasteiger partial charge in [-0.1, -0.05) is 13.8 Å². The Morgan fingerprint density at radius 1 is 1.22 bits per heavy atom. The van der Waals surface area contributed by atoms with Crippen LogP contribution in [-0.4, -0.2) is 49.8 Å². The summed E-state index contributed by atoms with van der Waals surface area (Å²) in [4.78, 5) is 2.56. The second-order valence-corrected chi connectivity index (χ2v) is 7.50. The van der Waals surface area contributed by atoms with Gasteiger partial charge in [0.15, 0.2) is 0 Å². The highest BCUT2D eigenvalue weighted by atomic mass is 16.5. The molecule has 1 unspecified atom stereocenters. The zero-order chi connectivity index (χ0) is 13.8. The van der Waals surface area contributed by atoms with Gasteiger partial charge in [-0.05, 0) is 45.6 Å². The van der Waals surface area contributed by atoms with E-state index < -0.39 is 0 Å². The van der Waals surface area contributed by atoms with E-state index >= 15 is 0 Å². The number of rotatable bonds is 5. The summed E-state index contributed by atoms with van der Waals surface area (Å²) < 4.78 is 5.49. The molecular weight excluding hydrogens is 224 g/mol. The third-order valence-corrected chi connectivity index (χ3v) is 3.54. The highest BCUT2D eigenvalue weighted by Crippen LogP contribution is 2.21. The first-order chi connectivity index (χ1) is 8.22. The molecule has 0 aromatic heterocycles. The SMILES string of the molecule is COC1CCCN(CC(C)(C)CNC(C)(C)C)C1. The lowest BCUT2D eigenvalue weighted by atomic mass is 9.90. The van der Waals surface area contributed by atoms with Crippen LogP contribution in [0.3, 0.4) is 0 Å². The molecule has 0 aliphatic carbocycles. The standard InChI is InChI=1S/C15H32N2O/c1-14(2,3)16-11-15(4,5)12-17-9-7-8-13(10-17)18-6/h13,16H,7-12H2,1-6H3. The minimum Gasteiger partial charge on any atom is -0.380 e. The highest BCUT2D eigenvalue weighted by Gasteiger charge is 2.27. The fourth-order valence-electron chi connectivity index (χ4n) is 2.51. The van der Waals surface area contributed by atoms with Crippen LogP contribution in [0.2, 0.25) is 0 Å². The van der Waals surface area contributed by atoms with E-state index in [0.717, 1.165) is 19.6 Å². The summed E-state index contributed by atoms with van der Waals surface area (Å²) >= 11 is 0. The molecule has 1 fully saturated rings. The van der Waals surface area contributed by atoms with Crippen molar-refractivity contribution in [2.75, 3.05) is 33.3 Å². The molecule has 0 radical (unpaired) electrons. The number of nitrogens with zero attached hydrogens (tertiary/aromatic N) is 1. The Morgan fingerprint density at radius 2 is 1.89 bits per heavy atom. The summed E-state index contributed by atoms with van der Waals surface area (Å²) in [6.45, 7) is 15.9. The first-order valence-corrected chi connectivity index (χ1v) is 7.22. The molecule has 1 rings (SSSR count). The summed E-state index contributed by atoms with van der Waals surface area (Å²) in [6.07, 6.45) is 2.92. The van der Waals surface area contributed by atoms with Crippen molar-refractivity contribution in [3.05, 3.63) is 0 Å². The average Bonchev–Trinajstić information content (AvgIpc) is 2.25. The summed E-state index contributed by atoms with van der Waals surface area (Å²) in [5, 5.41) is 3.62. The molecular formula is C15H32N2O. The Balaban J connectivity index is 2.39. The number of piperidine rings is 1. The fraction of sp³-hybridized carbons (Fsp3) is 1.00. The number of ether oxygens (including phenoxy) is 1. The molecule has 1 aliphatic rings. The van der Waals surface area contributed by atoms with Crippen molar-refractivity contribution in [1.29, 1.82) is 0 Å². The molecule has 0 amide bonds. The number of hydrogen-bond donors (Lipinski definition) is 1. The highest BCUT2D eigenvalue weighted by molar-refractivity contribution is 4.83. The summed E-state index contributed by atoms with van der Waals surface area (Å²) in [5.74, 6) is 0. The molecule has 3 heteroatoms. The molecule has 0 saturated carbocycles. The van der Waals surface area contributed by atoms with Crippen LogP contribution >= 0.6 is 0 Å². The van der Waals surface area contributed by atoms with Gasteiger partial charge in [-0.2, -0.15) is 0 Å². The van der Waals surface area contributed by atoms with Crippen molar-refractivity contribution in [2.45, 2.75) is 59.1 Å². The molecule has 18 heavy (non-hydrogen) atoms. The minimum absolute atomic E-state index is 0.203. The maximum atomic E-state index is 5.49. The van der Waals surface area contributed by atoms with Crippen LogP contribution < -0.4 is 5.32 Å². The van der Waals surface area contributed by atoms with Gasteiger partial charge in [0.1, 0.15) is 0 Å². The molecule has 0 aromatic carbocycles. The zero-order valence-corrected chi connectivity index (χ0v) is 13.2. The van der Waals surface area contributed by atoms with Gasteiger partial charge in [0.2, 0.25) is 0 Å². The summed E-state index contributed by atoms with van der Waals surface area (Å²) in [6, 6.07) is 0. The van der Waals surface area contributed by atoms with Crippen LogP contribution in [0.25, 0.3) is 0 Å². The smallest absolute Gasteiger partial charge is 0.0698 e. The van der Waals surface area contributed by atoms with E-state index in [0.29, 0.717) is 11.5 Å². The maximum absolute atomic E-state index is 5.49. The maximum Gasteiger partial charge on any atom is 0.0698 e. The normalized spacial score (nSPS) is 23.3. The van der Waals surface area contributed by atoms with Gasteiger partial charge in [-0.25, -0.2) is 0 Å². The van der Waals surface area contributed by atoms with Crippen LogP contribution in [0, 0.1) is 5.41 Å². The van der Waals surface area contributed by atoms with Crippen molar-refractivity contribution >= 4 is 0 Å². The average molecular weight is 256 g/mol. The van der Waals surface area contributed by atoms with E-state index in [9.17, 15) is 0 Å². The van der Waals surface area contributed by atoms with Crippen molar-refractivity contribution in [1.82, 2.24) is 10.2 Å². The molecule has 0 aromatic rings. The van der Waals surface area contributed by atoms with Crippen molar-refractivity contribution < 1.29 is 4.74 Å². The first kappa shape index (κ1) is 15.9. The van der Waals surface area contributed by atoms with Crippen LogP contribution in [0.1, 0.15) is 47.5 Å². The van der Waals surface area contributed by atoms with E-state index in [1.54, 1.807) is 0 Å². The van der Waals surface area contributed by atoms with Gasteiger partial charge in [-0.15, -0.1) is 0 Å². The van der Waals surface area contributed by atoms with Crippen LogP contribution in [-0.2, 0) is 4.74 Å². The topological polar surface area (TPSA) is 24.5 Å². The molecule has 1 heterocycles. The Labute approximate surface area is 113 Å². The van der Waals surface area contributed by atoms with E-state index in [4.69, 9.17) is 4.74 Å². The second kappa shape index (κ2) is 6.36. The third-order valence-electron chi connectivity index (χ3n) is 3.54. The predicted molar refractivity (Wildman–Crippen MR) is 78.0 cm³/mol. The Morgan fingerprint density at radius 3 is 2.44 bits per heavy atom. The van der Waals surface area contributed by atoms with Crippen LogP contribution in [0.4, 0.5) is 0 Å². The van der Waals surface area contributed by atoms with Gasteiger partial charge in [0.25, 0.3) is 0 Å². The molecule has 1 aliphatic heterocycles. The number of hydrogen-bond acceptors (Lipinski definition) is 3.